The minimum atomic E-state index is 0.160. The van der Waals surface area contributed by atoms with E-state index in [2.05, 4.69) is 133 Å². The summed E-state index contributed by atoms with van der Waals surface area (Å²) in [6.45, 7) is 0.320. The van der Waals surface area contributed by atoms with Crippen LogP contribution in [0.3, 0.4) is 0 Å². The summed E-state index contributed by atoms with van der Waals surface area (Å²) in [5, 5.41) is 0. The third-order valence-corrected chi connectivity index (χ3v) is 5.28. The minimum Gasteiger partial charge on any atom is -0.371 e. The Hall–Kier alpha value is -3.03. The van der Waals surface area contributed by atoms with Gasteiger partial charge in [0.15, 0.2) is 0 Å². The Morgan fingerprint density at radius 1 is 0.393 bits per heavy atom. The van der Waals surface area contributed by atoms with E-state index < -0.39 is 0 Å². The van der Waals surface area contributed by atoms with E-state index in [0.717, 1.165) is 0 Å². The molecule has 4 aromatic carbocycles. The molecule has 0 aliphatic rings. The van der Waals surface area contributed by atoms with E-state index in [1.54, 1.807) is 0 Å². The Bertz CT molecular complexity index is 814. The van der Waals surface area contributed by atoms with Gasteiger partial charge in [0.1, 0.15) is 0 Å². The first kappa shape index (κ1) is 18.3. The van der Waals surface area contributed by atoms with Crippen LogP contribution in [0.1, 0.15) is 0 Å². The molecule has 0 spiro atoms. The lowest BCUT2D eigenvalue weighted by Gasteiger charge is -2.32. The zero-order chi connectivity index (χ0) is 19.2. The van der Waals surface area contributed by atoms with Crippen molar-refractivity contribution in [2.45, 2.75) is 0 Å². The van der Waals surface area contributed by atoms with Gasteiger partial charge in [0.25, 0.3) is 13.7 Å². The van der Waals surface area contributed by atoms with Crippen molar-refractivity contribution in [1.82, 2.24) is 4.72 Å². The maximum Gasteiger partial charge on any atom is 0.281 e. The number of rotatable bonds is 6. The van der Waals surface area contributed by atoms with Crippen molar-refractivity contribution >= 4 is 35.5 Å². The molecule has 0 aliphatic heterocycles. The second-order valence-electron chi connectivity index (χ2n) is 7.11. The summed E-state index contributed by atoms with van der Waals surface area (Å²) in [7, 11) is 2.23. The summed E-state index contributed by atoms with van der Waals surface area (Å²) in [5.41, 5.74) is 5.20. The molecule has 0 unspecified atom stereocenters. The molecule has 1 nitrogen and oxygen atoms in total. The van der Waals surface area contributed by atoms with Gasteiger partial charge in [-0.1, -0.05) is 143 Å². The van der Waals surface area contributed by atoms with Crippen molar-refractivity contribution in [3.05, 3.63) is 121 Å². The molecule has 0 fully saturated rings. The highest BCUT2D eigenvalue weighted by atomic mass is 15.0. The molecule has 0 N–H and O–H groups in total. The lowest BCUT2D eigenvalue weighted by Crippen LogP contribution is -2.66. The second-order valence-corrected chi connectivity index (χ2v) is 7.11. The summed E-state index contributed by atoms with van der Waals surface area (Å²) in [4.78, 5) is 0. The fourth-order valence-corrected chi connectivity index (χ4v) is 4.02. The molecule has 0 aliphatic carbocycles. The maximum absolute atomic E-state index is 2.48. The highest BCUT2D eigenvalue weighted by Gasteiger charge is 2.34. The van der Waals surface area contributed by atoms with E-state index in [1.165, 1.54) is 21.9 Å². The molecule has 134 valence electrons. The van der Waals surface area contributed by atoms with Crippen LogP contribution in [-0.2, 0) is 0 Å². The van der Waals surface area contributed by atoms with E-state index in [9.17, 15) is 0 Å². The van der Waals surface area contributed by atoms with E-state index >= 15 is 0 Å². The van der Waals surface area contributed by atoms with Crippen molar-refractivity contribution < 1.29 is 0 Å². The quantitative estimate of drug-likeness (QED) is 0.479. The highest BCUT2D eigenvalue weighted by Crippen LogP contribution is 2.03. The summed E-state index contributed by atoms with van der Waals surface area (Å²) in [6, 6.07) is 43.1. The Kier molecular flexibility index (Phi) is 5.75. The summed E-state index contributed by atoms with van der Waals surface area (Å²) in [6.07, 6.45) is 0. The topological polar surface area (TPSA) is 3.24 Å². The largest absolute Gasteiger partial charge is 0.371 e. The molecular formula is C25H23B2N. The zero-order valence-electron chi connectivity index (χ0n) is 16.1. The van der Waals surface area contributed by atoms with Crippen molar-refractivity contribution in [1.29, 1.82) is 0 Å². The first-order valence-electron chi connectivity index (χ1n) is 9.76. The lowest BCUT2D eigenvalue weighted by atomic mass is 9.37. The van der Waals surface area contributed by atoms with Crippen LogP contribution in [-0.4, -0.2) is 25.5 Å². The van der Waals surface area contributed by atoms with Gasteiger partial charge in [-0.15, -0.1) is 0 Å². The van der Waals surface area contributed by atoms with Gasteiger partial charge in [0.05, 0.1) is 0 Å². The SMILES string of the molecule is CN(B(c1ccccc1)c1ccccc1)B(c1ccccc1)c1ccccc1. The third-order valence-electron chi connectivity index (χ3n) is 5.28. The van der Waals surface area contributed by atoms with Gasteiger partial charge in [0, 0.05) is 0 Å². The first-order chi connectivity index (χ1) is 13.8. The lowest BCUT2D eigenvalue weighted by molar-refractivity contribution is 0.836. The van der Waals surface area contributed by atoms with Crippen molar-refractivity contribution in [3.8, 4) is 0 Å². The number of hydrogen-bond donors (Lipinski definition) is 0. The van der Waals surface area contributed by atoms with Crippen LogP contribution >= 0.6 is 0 Å². The maximum atomic E-state index is 2.48. The number of benzene rings is 4. The van der Waals surface area contributed by atoms with Gasteiger partial charge < -0.3 is 4.72 Å². The number of hydrogen-bond acceptors (Lipinski definition) is 1. The fraction of sp³-hybridized carbons (Fsp3) is 0.0400. The molecule has 28 heavy (non-hydrogen) atoms. The van der Waals surface area contributed by atoms with Gasteiger partial charge in [0.2, 0.25) is 0 Å². The molecule has 0 heterocycles. The summed E-state index contributed by atoms with van der Waals surface area (Å²) in [5.74, 6) is 0. The smallest absolute Gasteiger partial charge is 0.281 e. The number of nitrogens with zero attached hydrogens (tertiary/aromatic N) is 1. The Balaban J connectivity index is 1.84. The van der Waals surface area contributed by atoms with Gasteiger partial charge in [-0.2, -0.15) is 0 Å². The fourth-order valence-electron chi connectivity index (χ4n) is 4.02. The second kappa shape index (κ2) is 8.77. The molecule has 0 aromatic heterocycles. The molecule has 0 saturated heterocycles. The van der Waals surface area contributed by atoms with Crippen LogP contribution in [0, 0.1) is 0 Å². The first-order valence-corrected chi connectivity index (χ1v) is 9.76. The van der Waals surface area contributed by atoms with Gasteiger partial charge in [-0.25, -0.2) is 0 Å². The highest BCUT2D eigenvalue weighted by molar-refractivity contribution is 6.96. The van der Waals surface area contributed by atoms with Crippen LogP contribution in [0.4, 0.5) is 0 Å². The van der Waals surface area contributed by atoms with Crippen molar-refractivity contribution in [3.63, 3.8) is 0 Å². The standard InChI is InChI=1S/C25H23B2N/c1-28(26(22-14-6-2-7-15-22)23-16-8-3-9-17-23)27(24-18-10-4-11-19-24)25-20-12-5-13-21-25/h2-21H,1H3. The predicted octanol–water partition coefficient (Wildman–Crippen LogP) is 2.53. The zero-order valence-corrected chi connectivity index (χ0v) is 16.1. The Labute approximate surface area is 168 Å². The molecular weight excluding hydrogens is 336 g/mol. The molecule has 0 atom stereocenters. The predicted molar refractivity (Wildman–Crippen MR) is 124 cm³/mol. The Morgan fingerprint density at radius 2 is 0.607 bits per heavy atom. The van der Waals surface area contributed by atoms with Crippen molar-refractivity contribution in [2.75, 3.05) is 7.05 Å². The molecule has 3 heteroatoms. The van der Waals surface area contributed by atoms with Crippen LogP contribution in [0.5, 0.6) is 0 Å². The average Bonchev–Trinajstić information content (AvgIpc) is 2.77. The molecule has 0 saturated carbocycles. The van der Waals surface area contributed by atoms with Crippen LogP contribution < -0.4 is 21.9 Å². The molecule has 0 radical (unpaired) electrons. The van der Waals surface area contributed by atoms with Gasteiger partial charge in [-0.3, -0.25) is 0 Å². The van der Waals surface area contributed by atoms with E-state index in [4.69, 9.17) is 0 Å². The van der Waals surface area contributed by atoms with Crippen LogP contribution in [0.25, 0.3) is 0 Å². The van der Waals surface area contributed by atoms with E-state index in [-0.39, 0.29) is 13.7 Å². The van der Waals surface area contributed by atoms with Gasteiger partial charge in [-0.05, 0) is 7.05 Å². The van der Waals surface area contributed by atoms with Crippen molar-refractivity contribution in [2.24, 2.45) is 0 Å². The molecule has 0 amide bonds. The summed E-state index contributed by atoms with van der Waals surface area (Å²) < 4.78 is 2.48. The third kappa shape index (κ3) is 3.95. The minimum absolute atomic E-state index is 0.160. The van der Waals surface area contributed by atoms with E-state index in [1.807, 2.05) is 0 Å². The molecule has 0 bridgehead atoms. The van der Waals surface area contributed by atoms with Crippen LogP contribution in [0.15, 0.2) is 121 Å². The van der Waals surface area contributed by atoms with Crippen LogP contribution in [0.2, 0.25) is 0 Å². The molecule has 4 aromatic rings. The average molecular weight is 359 g/mol. The summed E-state index contributed by atoms with van der Waals surface area (Å²) >= 11 is 0. The van der Waals surface area contributed by atoms with E-state index in [0.29, 0.717) is 0 Å². The van der Waals surface area contributed by atoms with Gasteiger partial charge >= 0.3 is 0 Å². The normalized spacial score (nSPS) is 10.6. The molecule has 4 rings (SSSR count). The monoisotopic (exact) mass is 359 g/mol. The Morgan fingerprint density at radius 3 is 0.821 bits per heavy atom.